The molecule has 2 N–H and O–H groups in total. The summed E-state index contributed by atoms with van der Waals surface area (Å²) < 4.78 is 5.70. The van der Waals surface area contributed by atoms with Gasteiger partial charge in [-0.25, -0.2) is 4.79 Å². The van der Waals surface area contributed by atoms with E-state index in [1.165, 1.54) is 22.3 Å². The standard InChI is InChI=1S/C28H32N2O5/c1-30(12-6-11-26(31)32)27(33)18-13-17-15-25(23(17)14-18)29-28(34)35-16-24-21-9-4-2-7-19(21)20-8-3-5-10-22(20)24/h2-5,7-10,17-18,23-25H,6,11-16H2,1H3,(H,29,34)(H,31,32). The summed E-state index contributed by atoms with van der Waals surface area (Å²) in [5.41, 5.74) is 4.78. The van der Waals surface area contributed by atoms with Gasteiger partial charge in [0.25, 0.3) is 0 Å². The molecule has 0 aliphatic heterocycles. The summed E-state index contributed by atoms with van der Waals surface area (Å²) >= 11 is 0. The van der Waals surface area contributed by atoms with Gasteiger partial charge in [0.15, 0.2) is 0 Å². The molecule has 2 aromatic carbocycles. The van der Waals surface area contributed by atoms with Gasteiger partial charge in [0.05, 0.1) is 0 Å². The fourth-order valence-corrected chi connectivity index (χ4v) is 6.27. The van der Waals surface area contributed by atoms with E-state index >= 15 is 0 Å². The number of rotatable bonds is 8. The number of hydrogen-bond donors (Lipinski definition) is 2. The van der Waals surface area contributed by atoms with Crippen LogP contribution in [0.15, 0.2) is 48.5 Å². The van der Waals surface area contributed by atoms with Gasteiger partial charge in [-0.3, -0.25) is 9.59 Å². The average Bonchev–Trinajstić information content (AvgIpc) is 3.35. The Balaban J connectivity index is 1.11. The number of carbonyl (C=O) groups excluding carboxylic acids is 2. The van der Waals surface area contributed by atoms with E-state index in [1.54, 1.807) is 11.9 Å². The summed E-state index contributed by atoms with van der Waals surface area (Å²) in [6, 6.07) is 16.6. The molecule has 0 aromatic heterocycles. The molecule has 2 aromatic rings. The van der Waals surface area contributed by atoms with E-state index < -0.39 is 12.1 Å². The minimum Gasteiger partial charge on any atom is -0.481 e. The minimum absolute atomic E-state index is 0.0347. The Morgan fingerprint density at radius 2 is 1.66 bits per heavy atom. The van der Waals surface area contributed by atoms with Gasteiger partial charge in [-0.05, 0) is 59.8 Å². The first-order chi connectivity index (χ1) is 16.9. The number of ether oxygens (including phenoxy) is 1. The Morgan fingerprint density at radius 1 is 1.00 bits per heavy atom. The highest BCUT2D eigenvalue weighted by Crippen LogP contribution is 2.50. The number of aliphatic carboxylic acids is 1. The first-order valence-corrected chi connectivity index (χ1v) is 12.5. The SMILES string of the molecule is CN(CCCC(=O)O)C(=O)C1CC2CC(NC(=O)OCC3c4ccccc4-c4ccccc43)C2C1. The van der Waals surface area contributed by atoms with E-state index in [0.717, 1.165) is 19.3 Å². The number of nitrogens with one attached hydrogen (secondary N) is 1. The number of alkyl carbamates (subject to hydrolysis) is 1. The molecule has 4 atom stereocenters. The molecule has 7 heteroatoms. The van der Waals surface area contributed by atoms with Crippen LogP contribution in [0.4, 0.5) is 4.79 Å². The molecule has 3 aliphatic rings. The summed E-state index contributed by atoms with van der Waals surface area (Å²) in [7, 11) is 1.75. The van der Waals surface area contributed by atoms with Crippen molar-refractivity contribution in [1.82, 2.24) is 10.2 Å². The number of carbonyl (C=O) groups is 3. The number of hydrogen-bond acceptors (Lipinski definition) is 4. The zero-order valence-corrected chi connectivity index (χ0v) is 20.0. The lowest BCUT2D eigenvalue weighted by atomic mass is 9.71. The van der Waals surface area contributed by atoms with Gasteiger partial charge < -0.3 is 20.1 Å². The van der Waals surface area contributed by atoms with Crippen LogP contribution in [0.2, 0.25) is 0 Å². The van der Waals surface area contributed by atoms with E-state index in [1.807, 2.05) is 24.3 Å². The number of fused-ring (bicyclic) bond motifs is 4. The van der Waals surface area contributed by atoms with Crippen LogP contribution in [0.25, 0.3) is 11.1 Å². The zero-order valence-electron chi connectivity index (χ0n) is 20.0. The monoisotopic (exact) mass is 476 g/mol. The van der Waals surface area contributed by atoms with Crippen molar-refractivity contribution in [1.29, 1.82) is 0 Å². The highest BCUT2D eigenvalue weighted by molar-refractivity contribution is 5.80. The van der Waals surface area contributed by atoms with Gasteiger partial charge in [0.2, 0.25) is 5.91 Å². The van der Waals surface area contributed by atoms with E-state index in [9.17, 15) is 14.4 Å². The second-order valence-corrected chi connectivity index (χ2v) is 10.2. The van der Waals surface area contributed by atoms with Gasteiger partial charge in [-0.15, -0.1) is 0 Å². The Labute approximate surface area is 205 Å². The highest BCUT2D eigenvalue weighted by atomic mass is 16.5. The largest absolute Gasteiger partial charge is 0.481 e. The third kappa shape index (κ3) is 4.64. The Bertz CT molecular complexity index is 1090. The lowest BCUT2D eigenvalue weighted by molar-refractivity contribution is -0.138. The maximum atomic E-state index is 12.8. The summed E-state index contributed by atoms with van der Waals surface area (Å²) in [5, 5.41) is 11.8. The van der Waals surface area contributed by atoms with E-state index in [0.29, 0.717) is 31.4 Å². The number of carboxylic acids is 1. The number of carboxylic acid groups (broad SMARTS) is 1. The van der Waals surface area contributed by atoms with Crippen LogP contribution in [0.3, 0.4) is 0 Å². The van der Waals surface area contributed by atoms with Crippen LogP contribution >= 0.6 is 0 Å². The van der Waals surface area contributed by atoms with Crippen molar-refractivity contribution >= 4 is 18.0 Å². The van der Waals surface area contributed by atoms with Gasteiger partial charge >= 0.3 is 12.1 Å². The zero-order chi connectivity index (χ0) is 24.5. The Morgan fingerprint density at radius 3 is 2.31 bits per heavy atom. The number of benzene rings is 2. The predicted octanol–water partition coefficient (Wildman–Crippen LogP) is 4.26. The summed E-state index contributed by atoms with van der Waals surface area (Å²) in [5.74, 6) is -0.00901. The number of nitrogens with zero attached hydrogens (tertiary/aromatic N) is 1. The van der Waals surface area contributed by atoms with Crippen LogP contribution in [0.5, 0.6) is 0 Å². The highest BCUT2D eigenvalue weighted by Gasteiger charge is 2.50. The summed E-state index contributed by atoms with van der Waals surface area (Å²) in [4.78, 5) is 37.8. The van der Waals surface area contributed by atoms with E-state index in [-0.39, 0.29) is 30.2 Å². The lowest BCUT2D eigenvalue weighted by Gasteiger charge is -2.40. The molecule has 0 heterocycles. The summed E-state index contributed by atoms with van der Waals surface area (Å²) in [6.07, 6.45) is 2.62. The molecule has 5 rings (SSSR count). The van der Waals surface area contributed by atoms with Crippen molar-refractivity contribution in [2.24, 2.45) is 17.8 Å². The molecule has 2 amide bonds. The van der Waals surface area contributed by atoms with Gasteiger partial charge in [0, 0.05) is 37.9 Å². The van der Waals surface area contributed by atoms with Crippen molar-refractivity contribution in [2.75, 3.05) is 20.2 Å². The molecule has 2 saturated carbocycles. The minimum atomic E-state index is -0.841. The van der Waals surface area contributed by atoms with Crippen LogP contribution in [0, 0.1) is 17.8 Å². The van der Waals surface area contributed by atoms with Crippen LogP contribution in [-0.2, 0) is 14.3 Å². The maximum Gasteiger partial charge on any atom is 0.407 e. The second kappa shape index (κ2) is 9.72. The summed E-state index contributed by atoms with van der Waals surface area (Å²) in [6.45, 7) is 0.751. The molecule has 0 spiro atoms. The van der Waals surface area contributed by atoms with E-state index in [2.05, 4.69) is 29.6 Å². The van der Waals surface area contributed by atoms with Gasteiger partial charge in [-0.2, -0.15) is 0 Å². The Kier molecular flexibility index (Phi) is 6.50. The average molecular weight is 477 g/mol. The first kappa shape index (κ1) is 23.4. The molecule has 35 heavy (non-hydrogen) atoms. The molecule has 184 valence electrons. The fraction of sp³-hybridized carbons (Fsp3) is 0.464. The maximum absolute atomic E-state index is 12.8. The molecule has 3 aliphatic carbocycles. The second-order valence-electron chi connectivity index (χ2n) is 10.2. The first-order valence-electron chi connectivity index (χ1n) is 12.5. The predicted molar refractivity (Wildman–Crippen MR) is 131 cm³/mol. The fourth-order valence-electron chi connectivity index (χ4n) is 6.27. The number of amides is 2. The molecule has 2 fully saturated rings. The molecular weight excluding hydrogens is 444 g/mol. The van der Waals surface area contributed by atoms with Crippen LogP contribution in [0.1, 0.15) is 49.1 Å². The van der Waals surface area contributed by atoms with Crippen molar-refractivity contribution in [3.8, 4) is 11.1 Å². The van der Waals surface area contributed by atoms with Gasteiger partial charge in [-0.1, -0.05) is 48.5 Å². The smallest absolute Gasteiger partial charge is 0.407 e. The van der Waals surface area contributed by atoms with Crippen LogP contribution < -0.4 is 5.32 Å². The normalized spacial score (nSPS) is 24.0. The molecule has 0 radical (unpaired) electrons. The molecular formula is C28H32N2O5. The Hall–Kier alpha value is -3.35. The van der Waals surface area contributed by atoms with Crippen molar-refractivity contribution in [3.63, 3.8) is 0 Å². The third-order valence-corrected chi connectivity index (χ3v) is 8.08. The quantitative estimate of drug-likeness (QED) is 0.593. The van der Waals surface area contributed by atoms with Crippen LogP contribution in [-0.4, -0.2) is 54.2 Å². The molecule has 7 nitrogen and oxygen atoms in total. The van der Waals surface area contributed by atoms with Gasteiger partial charge in [0.1, 0.15) is 6.61 Å². The van der Waals surface area contributed by atoms with Crippen molar-refractivity contribution in [2.45, 2.75) is 44.1 Å². The third-order valence-electron chi connectivity index (χ3n) is 8.08. The van der Waals surface area contributed by atoms with Crippen molar-refractivity contribution in [3.05, 3.63) is 59.7 Å². The topological polar surface area (TPSA) is 95.9 Å². The molecule has 4 unspecified atom stereocenters. The molecule has 0 saturated heterocycles. The van der Waals surface area contributed by atoms with E-state index in [4.69, 9.17) is 9.84 Å². The lowest BCUT2D eigenvalue weighted by Crippen LogP contribution is -2.50. The van der Waals surface area contributed by atoms with Crippen molar-refractivity contribution < 1.29 is 24.2 Å². The molecule has 0 bridgehead atoms.